The molecule has 0 spiro atoms. The Hall–Kier alpha value is -2.78. The summed E-state index contributed by atoms with van der Waals surface area (Å²) in [5.74, 6) is 0.803. The third-order valence-corrected chi connectivity index (χ3v) is 7.99. The van der Waals surface area contributed by atoms with Gasteiger partial charge in [0.2, 0.25) is 0 Å². The van der Waals surface area contributed by atoms with Gasteiger partial charge in [0, 0.05) is 25.0 Å². The fourth-order valence-corrected chi connectivity index (χ4v) is 6.01. The summed E-state index contributed by atoms with van der Waals surface area (Å²) in [6, 6.07) is 13.6. The number of carbonyl (C=O) groups is 1. The number of benzene rings is 2. The van der Waals surface area contributed by atoms with E-state index in [1.807, 2.05) is 26.0 Å². The van der Waals surface area contributed by atoms with Crippen molar-refractivity contribution in [1.29, 1.82) is 0 Å². The molecule has 2 aromatic rings. The van der Waals surface area contributed by atoms with Crippen LogP contribution in [0, 0.1) is 6.92 Å². The maximum absolute atomic E-state index is 12.9. The lowest BCUT2D eigenvalue weighted by Crippen LogP contribution is -2.43. The van der Waals surface area contributed by atoms with Crippen molar-refractivity contribution in [2.75, 3.05) is 24.1 Å². The molecule has 168 valence electrons. The van der Waals surface area contributed by atoms with Crippen LogP contribution in [0.1, 0.15) is 30.5 Å². The Bertz CT molecular complexity index is 1200. The number of sulfonamides is 1. The second kappa shape index (κ2) is 8.99. The summed E-state index contributed by atoms with van der Waals surface area (Å²) < 4.78 is 28.4. The lowest BCUT2D eigenvalue weighted by Gasteiger charge is -2.40. The third-order valence-electron chi connectivity index (χ3n) is 5.52. The standard InChI is InChI=1S/C23H26N4O3S2/c1-15-8-10-19(11-9-15)32(29,30)26-18-7-4-6-17(14-18)21-20(22(28)24-3)16(2)25-23-27(21)12-5-13-31-23/h4,6-11,14,21,26H,5,12-13H2,1-3H3,(H,24,28). The molecule has 0 bridgehead atoms. The van der Waals surface area contributed by atoms with E-state index in [0.717, 1.165) is 35.0 Å². The summed E-state index contributed by atoms with van der Waals surface area (Å²) in [5.41, 5.74) is 3.54. The first kappa shape index (κ1) is 22.4. The maximum Gasteiger partial charge on any atom is 0.261 e. The van der Waals surface area contributed by atoms with E-state index >= 15 is 0 Å². The van der Waals surface area contributed by atoms with E-state index in [9.17, 15) is 13.2 Å². The van der Waals surface area contributed by atoms with Gasteiger partial charge in [-0.15, -0.1) is 0 Å². The minimum absolute atomic E-state index is 0.184. The molecule has 2 aliphatic rings. The van der Waals surface area contributed by atoms with E-state index in [-0.39, 0.29) is 16.8 Å². The molecule has 2 aliphatic heterocycles. The number of amides is 1. The summed E-state index contributed by atoms with van der Waals surface area (Å²) >= 11 is 1.68. The summed E-state index contributed by atoms with van der Waals surface area (Å²) in [5, 5.41) is 3.63. The van der Waals surface area contributed by atoms with Crippen LogP contribution in [-0.2, 0) is 14.8 Å². The molecule has 1 unspecified atom stereocenters. The zero-order valence-electron chi connectivity index (χ0n) is 18.3. The van der Waals surface area contributed by atoms with Gasteiger partial charge in [-0.1, -0.05) is 41.6 Å². The molecule has 1 saturated heterocycles. The highest BCUT2D eigenvalue weighted by Crippen LogP contribution is 2.40. The van der Waals surface area contributed by atoms with Crippen LogP contribution in [0.4, 0.5) is 5.69 Å². The van der Waals surface area contributed by atoms with Crippen molar-refractivity contribution in [1.82, 2.24) is 10.2 Å². The van der Waals surface area contributed by atoms with Gasteiger partial charge in [-0.05, 0) is 50.1 Å². The van der Waals surface area contributed by atoms with E-state index in [2.05, 4.69) is 19.9 Å². The fraction of sp³-hybridized carbons (Fsp3) is 0.304. The lowest BCUT2D eigenvalue weighted by molar-refractivity contribution is -0.117. The number of amidine groups is 1. The molecule has 1 amide bonds. The van der Waals surface area contributed by atoms with Crippen molar-refractivity contribution < 1.29 is 13.2 Å². The van der Waals surface area contributed by atoms with Gasteiger partial charge >= 0.3 is 0 Å². The second-order valence-electron chi connectivity index (χ2n) is 7.81. The van der Waals surface area contributed by atoms with Crippen molar-refractivity contribution >= 4 is 38.5 Å². The highest BCUT2D eigenvalue weighted by molar-refractivity contribution is 8.13. The number of fused-ring (bicyclic) bond motifs is 1. The highest BCUT2D eigenvalue weighted by atomic mass is 32.2. The topological polar surface area (TPSA) is 90.9 Å². The number of aryl methyl sites for hydroxylation is 1. The molecule has 9 heteroatoms. The number of allylic oxidation sites excluding steroid dienone is 1. The molecule has 0 aromatic heterocycles. The summed E-state index contributed by atoms with van der Waals surface area (Å²) in [6.45, 7) is 4.54. The Morgan fingerprint density at radius 3 is 2.62 bits per heavy atom. The Kier molecular flexibility index (Phi) is 6.30. The molecular weight excluding hydrogens is 444 g/mol. The number of aliphatic imine (C=N–C) groups is 1. The Morgan fingerprint density at radius 2 is 1.91 bits per heavy atom. The van der Waals surface area contributed by atoms with Crippen molar-refractivity contribution in [2.24, 2.45) is 4.99 Å². The van der Waals surface area contributed by atoms with Crippen LogP contribution in [0.2, 0.25) is 0 Å². The van der Waals surface area contributed by atoms with Gasteiger partial charge in [0.15, 0.2) is 5.17 Å². The van der Waals surface area contributed by atoms with Gasteiger partial charge in [0.1, 0.15) is 0 Å². The van der Waals surface area contributed by atoms with E-state index in [4.69, 9.17) is 0 Å². The zero-order valence-corrected chi connectivity index (χ0v) is 19.9. The third kappa shape index (κ3) is 4.40. The summed E-state index contributed by atoms with van der Waals surface area (Å²) in [6.07, 6.45) is 0.986. The molecule has 32 heavy (non-hydrogen) atoms. The van der Waals surface area contributed by atoms with Crippen LogP contribution in [0.5, 0.6) is 0 Å². The minimum atomic E-state index is -3.73. The molecule has 2 heterocycles. The number of likely N-dealkylation sites (N-methyl/N-ethyl adjacent to an activating group) is 1. The maximum atomic E-state index is 12.9. The van der Waals surface area contributed by atoms with Gasteiger partial charge in [0.05, 0.1) is 22.2 Å². The number of rotatable bonds is 5. The first-order chi connectivity index (χ1) is 15.3. The normalized spacial score (nSPS) is 18.7. The summed E-state index contributed by atoms with van der Waals surface area (Å²) in [7, 11) is -2.12. The molecule has 2 N–H and O–H groups in total. The van der Waals surface area contributed by atoms with Crippen LogP contribution in [-0.4, -0.2) is 43.7 Å². The predicted molar refractivity (Wildman–Crippen MR) is 129 cm³/mol. The molecule has 7 nitrogen and oxygen atoms in total. The van der Waals surface area contributed by atoms with Gasteiger partial charge in [-0.2, -0.15) is 0 Å². The minimum Gasteiger partial charge on any atom is -0.355 e. The van der Waals surface area contributed by atoms with Gasteiger partial charge < -0.3 is 10.2 Å². The monoisotopic (exact) mass is 470 g/mol. The SMILES string of the molecule is CNC(=O)C1=C(C)N=C2SCCCN2C1c1cccc(NS(=O)(=O)c2ccc(C)cc2)c1. The van der Waals surface area contributed by atoms with E-state index < -0.39 is 10.0 Å². The van der Waals surface area contributed by atoms with E-state index in [0.29, 0.717) is 17.0 Å². The van der Waals surface area contributed by atoms with Crippen LogP contribution >= 0.6 is 11.8 Å². The van der Waals surface area contributed by atoms with Gasteiger partial charge in [-0.25, -0.2) is 13.4 Å². The van der Waals surface area contributed by atoms with E-state index in [1.165, 1.54) is 0 Å². The van der Waals surface area contributed by atoms with Gasteiger partial charge in [0.25, 0.3) is 15.9 Å². The second-order valence-corrected chi connectivity index (χ2v) is 10.6. The average Bonchev–Trinajstić information content (AvgIpc) is 2.78. The van der Waals surface area contributed by atoms with Crippen LogP contribution in [0.15, 0.2) is 69.7 Å². The number of nitrogens with one attached hydrogen (secondary N) is 2. The van der Waals surface area contributed by atoms with Crippen molar-refractivity contribution in [3.05, 3.63) is 70.9 Å². The fourth-order valence-electron chi connectivity index (χ4n) is 3.94. The first-order valence-corrected chi connectivity index (χ1v) is 12.9. The Morgan fingerprint density at radius 1 is 1.16 bits per heavy atom. The molecule has 0 saturated carbocycles. The highest BCUT2D eigenvalue weighted by Gasteiger charge is 2.37. The number of nitrogens with zero attached hydrogens (tertiary/aromatic N) is 2. The largest absolute Gasteiger partial charge is 0.355 e. The predicted octanol–water partition coefficient (Wildman–Crippen LogP) is 3.67. The number of hydrogen-bond donors (Lipinski definition) is 2. The van der Waals surface area contributed by atoms with Crippen molar-refractivity contribution in [2.45, 2.75) is 31.2 Å². The van der Waals surface area contributed by atoms with Crippen LogP contribution in [0.3, 0.4) is 0 Å². The molecule has 0 radical (unpaired) electrons. The van der Waals surface area contributed by atoms with Crippen LogP contribution < -0.4 is 10.0 Å². The summed E-state index contributed by atoms with van der Waals surface area (Å²) in [4.78, 5) is 19.8. The Balaban J connectivity index is 1.71. The van der Waals surface area contributed by atoms with Crippen LogP contribution in [0.25, 0.3) is 0 Å². The molecular formula is C23H26N4O3S2. The molecule has 1 atom stereocenters. The zero-order chi connectivity index (χ0) is 22.9. The molecule has 1 fully saturated rings. The molecule has 0 aliphatic carbocycles. The molecule has 2 aromatic carbocycles. The smallest absolute Gasteiger partial charge is 0.261 e. The van der Waals surface area contributed by atoms with Crippen molar-refractivity contribution in [3.8, 4) is 0 Å². The number of hydrogen-bond acceptors (Lipinski definition) is 6. The number of anilines is 1. The van der Waals surface area contributed by atoms with Gasteiger partial charge in [-0.3, -0.25) is 9.52 Å². The van der Waals surface area contributed by atoms with Crippen molar-refractivity contribution in [3.63, 3.8) is 0 Å². The number of carbonyl (C=O) groups excluding carboxylic acids is 1. The average molecular weight is 471 g/mol. The van der Waals surface area contributed by atoms with E-state index in [1.54, 1.807) is 55.2 Å². The quantitative estimate of drug-likeness (QED) is 0.696. The Labute approximate surface area is 193 Å². The number of thioether (sulfide) groups is 1. The lowest BCUT2D eigenvalue weighted by atomic mass is 9.93. The first-order valence-electron chi connectivity index (χ1n) is 10.4. The molecule has 4 rings (SSSR count).